The Bertz CT molecular complexity index is 991. The molecule has 144 valence electrons. The Hall–Kier alpha value is -3.62. The van der Waals surface area contributed by atoms with E-state index in [4.69, 9.17) is 9.47 Å². The van der Waals surface area contributed by atoms with Crippen molar-refractivity contribution in [1.82, 2.24) is 10.2 Å². The van der Waals surface area contributed by atoms with Crippen LogP contribution < -0.4 is 14.8 Å². The van der Waals surface area contributed by atoms with Crippen LogP contribution in [0.3, 0.4) is 0 Å². The van der Waals surface area contributed by atoms with Crippen molar-refractivity contribution in [3.63, 3.8) is 0 Å². The average molecular weight is 383 g/mol. The van der Waals surface area contributed by atoms with Gasteiger partial charge in [-0.3, -0.25) is 19.8 Å². The van der Waals surface area contributed by atoms with Gasteiger partial charge in [-0.1, -0.05) is 24.3 Å². The van der Waals surface area contributed by atoms with Gasteiger partial charge in [0.25, 0.3) is 11.6 Å². The van der Waals surface area contributed by atoms with E-state index in [1.54, 1.807) is 25.1 Å². The molecule has 2 aliphatic rings. The van der Waals surface area contributed by atoms with Gasteiger partial charge in [-0.05, 0) is 24.6 Å². The Morgan fingerprint density at radius 1 is 1.18 bits per heavy atom. The second-order valence-electron chi connectivity index (χ2n) is 6.90. The number of para-hydroxylation sites is 1. The molecule has 1 N–H and O–H groups in total. The third kappa shape index (κ3) is 3.00. The molecule has 1 atom stereocenters. The van der Waals surface area contributed by atoms with Crippen LogP contribution in [0.5, 0.6) is 11.5 Å². The fraction of sp³-hybridized carbons (Fsp3) is 0.263. The van der Waals surface area contributed by atoms with Crippen LogP contribution in [0.1, 0.15) is 18.1 Å². The molecule has 0 saturated carbocycles. The summed E-state index contributed by atoms with van der Waals surface area (Å²) in [4.78, 5) is 37.1. The molecule has 0 spiro atoms. The van der Waals surface area contributed by atoms with Crippen molar-refractivity contribution >= 4 is 17.6 Å². The molecule has 4 rings (SSSR count). The number of ether oxygens (including phenoxy) is 2. The van der Waals surface area contributed by atoms with E-state index in [0.29, 0.717) is 17.1 Å². The molecule has 1 saturated heterocycles. The van der Waals surface area contributed by atoms with Gasteiger partial charge < -0.3 is 14.8 Å². The van der Waals surface area contributed by atoms with E-state index in [1.165, 1.54) is 18.2 Å². The number of carbonyl (C=O) groups is 2. The summed E-state index contributed by atoms with van der Waals surface area (Å²) in [5.41, 5.74) is -0.197. The molecule has 1 fully saturated rings. The predicted molar refractivity (Wildman–Crippen MR) is 96.9 cm³/mol. The Balaban J connectivity index is 1.56. The lowest BCUT2D eigenvalue weighted by Gasteiger charge is -2.22. The molecule has 2 aromatic rings. The predicted octanol–water partition coefficient (Wildman–Crippen LogP) is 2.38. The maximum atomic E-state index is 13.0. The van der Waals surface area contributed by atoms with Gasteiger partial charge in [0.1, 0.15) is 5.54 Å². The Labute approximate surface area is 160 Å². The van der Waals surface area contributed by atoms with Crippen LogP contribution >= 0.6 is 0 Å². The lowest BCUT2D eigenvalue weighted by molar-refractivity contribution is -0.385. The fourth-order valence-corrected chi connectivity index (χ4v) is 3.46. The van der Waals surface area contributed by atoms with Gasteiger partial charge >= 0.3 is 6.03 Å². The highest BCUT2D eigenvalue weighted by molar-refractivity contribution is 6.06. The summed E-state index contributed by atoms with van der Waals surface area (Å²) in [6.07, 6.45) is 0.252. The van der Waals surface area contributed by atoms with Crippen LogP contribution in [0.15, 0.2) is 42.5 Å². The average Bonchev–Trinajstić information content (AvgIpc) is 3.20. The topological polar surface area (TPSA) is 111 Å². The molecule has 3 amide bonds. The van der Waals surface area contributed by atoms with Crippen LogP contribution in [0, 0.1) is 10.1 Å². The maximum Gasteiger partial charge on any atom is 0.325 e. The molecule has 0 radical (unpaired) electrons. The number of benzene rings is 2. The first-order valence-corrected chi connectivity index (χ1v) is 8.62. The Morgan fingerprint density at radius 3 is 2.71 bits per heavy atom. The van der Waals surface area contributed by atoms with Crippen LogP contribution in [-0.2, 0) is 17.8 Å². The van der Waals surface area contributed by atoms with E-state index < -0.39 is 22.4 Å². The minimum Gasteiger partial charge on any atom is -0.454 e. The van der Waals surface area contributed by atoms with Crippen molar-refractivity contribution in [2.75, 3.05) is 6.79 Å². The standard InChI is InChI=1S/C19H17N3O6/c1-19(9-12-6-7-15-16(8-12)28-11-27-15)17(23)21(18(24)20-19)10-13-4-2-3-5-14(13)22(25)26/h2-8H,9-11H2,1H3,(H,20,24)/t19-/m0/s1. The van der Waals surface area contributed by atoms with Gasteiger partial charge in [0, 0.05) is 18.1 Å². The van der Waals surface area contributed by atoms with Crippen LogP contribution in [0.2, 0.25) is 0 Å². The zero-order valence-corrected chi connectivity index (χ0v) is 15.0. The quantitative estimate of drug-likeness (QED) is 0.482. The SMILES string of the molecule is C[C@@]1(Cc2ccc3c(c2)OCO3)NC(=O)N(Cc2ccccc2[N+](=O)[O-])C1=O. The molecule has 0 aromatic heterocycles. The van der Waals surface area contributed by atoms with Crippen molar-refractivity contribution in [3.8, 4) is 11.5 Å². The number of nitro benzene ring substituents is 1. The first-order chi connectivity index (χ1) is 13.4. The number of nitro groups is 1. The fourth-order valence-electron chi connectivity index (χ4n) is 3.46. The van der Waals surface area contributed by atoms with E-state index >= 15 is 0 Å². The molecule has 2 aromatic carbocycles. The summed E-state index contributed by atoms with van der Waals surface area (Å²) in [5, 5.41) is 13.9. The minimum atomic E-state index is -1.16. The van der Waals surface area contributed by atoms with E-state index in [2.05, 4.69) is 5.32 Å². The third-order valence-corrected chi connectivity index (χ3v) is 4.86. The highest BCUT2D eigenvalue weighted by atomic mass is 16.7. The maximum absolute atomic E-state index is 13.0. The molecule has 28 heavy (non-hydrogen) atoms. The second-order valence-corrected chi connectivity index (χ2v) is 6.90. The lowest BCUT2D eigenvalue weighted by atomic mass is 9.92. The van der Waals surface area contributed by atoms with Crippen molar-refractivity contribution in [1.29, 1.82) is 0 Å². The Morgan fingerprint density at radius 2 is 1.93 bits per heavy atom. The van der Waals surface area contributed by atoms with Crippen molar-refractivity contribution in [2.45, 2.75) is 25.4 Å². The lowest BCUT2D eigenvalue weighted by Crippen LogP contribution is -2.45. The molecule has 0 bridgehead atoms. The molecule has 0 unspecified atom stereocenters. The monoisotopic (exact) mass is 383 g/mol. The molecular formula is C19H17N3O6. The number of nitrogens with zero attached hydrogens (tertiary/aromatic N) is 2. The molecular weight excluding hydrogens is 366 g/mol. The zero-order chi connectivity index (χ0) is 19.9. The highest BCUT2D eigenvalue weighted by Gasteiger charge is 2.48. The first kappa shape index (κ1) is 17.8. The van der Waals surface area contributed by atoms with E-state index in [-0.39, 0.29) is 25.4 Å². The van der Waals surface area contributed by atoms with Crippen molar-refractivity contribution < 1.29 is 24.0 Å². The minimum absolute atomic E-state index is 0.132. The summed E-state index contributed by atoms with van der Waals surface area (Å²) in [6, 6.07) is 10.8. The molecule has 9 heteroatoms. The van der Waals surface area contributed by atoms with Crippen molar-refractivity contribution in [2.24, 2.45) is 0 Å². The largest absolute Gasteiger partial charge is 0.454 e. The summed E-state index contributed by atoms with van der Waals surface area (Å²) in [5.74, 6) is 0.789. The number of rotatable bonds is 5. The molecule has 9 nitrogen and oxygen atoms in total. The number of carbonyl (C=O) groups excluding carboxylic acids is 2. The Kier molecular flexibility index (Phi) is 4.14. The zero-order valence-electron chi connectivity index (χ0n) is 15.0. The summed E-state index contributed by atoms with van der Waals surface area (Å²) >= 11 is 0. The van der Waals surface area contributed by atoms with E-state index in [1.807, 2.05) is 6.07 Å². The van der Waals surface area contributed by atoms with E-state index in [0.717, 1.165) is 10.5 Å². The van der Waals surface area contributed by atoms with Crippen LogP contribution in [0.25, 0.3) is 0 Å². The number of nitrogens with one attached hydrogen (secondary N) is 1. The van der Waals surface area contributed by atoms with Gasteiger partial charge in [-0.2, -0.15) is 0 Å². The molecule has 2 heterocycles. The number of hydrogen-bond donors (Lipinski definition) is 1. The molecule has 2 aliphatic heterocycles. The first-order valence-electron chi connectivity index (χ1n) is 8.62. The number of imide groups is 1. The summed E-state index contributed by atoms with van der Waals surface area (Å²) in [7, 11) is 0. The summed E-state index contributed by atoms with van der Waals surface area (Å²) < 4.78 is 10.6. The number of urea groups is 1. The number of fused-ring (bicyclic) bond motifs is 1. The summed E-state index contributed by atoms with van der Waals surface area (Å²) in [6.45, 7) is 1.62. The normalized spacial score (nSPS) is 20.4. The van der Waals surface area contributed by atoms with Gasteiger partial charge in [-0.15, -0.1) is 0 Å². The molecule has 0 aliphatic carbocycles. The van der Waals surface area contributed by atoms with Gasteiger partial charge in [0.2, 0.25) is 6.79 Å². The number of amides is 3. The smallest absolute Gasteiger partial charge is 0.325 e. The van der Waals surface area contributed by atoms with Gasteiger partial charge in [0.05, 0.1) is 11.5 Å². The van der Waals surface area contributed by atoms with Gasteiger partial charge in [0.15, 0.2) is 11.5 Å². The highest BCUT2D eigenvalue weighted by Crippen LogP contribution is 2.34. The van der Waals surface area contributed by atoms with Gasteiger partial charge in [-0.25, -0.2) is 4.79 Å². The van der Waals surface area contributed by atoms with Crippen LogP contribution in [-0.4, -0.2) is 34.1 Å². The third-order valence-electron chi connectivity index (χ3n) is 4.86. The second kappa shape index (κ2) is 6.52. The van der Waals surface area contributed by atoms with Crippen molar-refractivity contribution in [3.05, 3.63) is 63.7 Å². The van der Waals surface area contributed by atoms with E-state index in [9.17, 15) is 19.7 Å². The van der Waals surface area contributed by atoms with Crippen LogP contribution in [0.4, 0.5) is 10.5 Å². The number of hydrogen-bond acceptors (Lipinski definition) is 6.